The van der Waals surface area contributed by atoms with Crippen molar-refractivity contribution in [3.63, 3.8) is 0 Å². The summed E-state index contributed by atoms with van der Waals surface area (Å²) in [5, 5.41) is 13.6. The number of aliphatic carboxylic acids is 1. The molecule has 2 aliphatic heterocycles. The van der Waals surface area contributed by atoms with Crippen LogP contribution >= 0.6 is 34.8 Å². The quantitative estimate of drug-likeness (QED) is 0.0374. The van der Waals surface area contributed by atoms with Crippen LogP contribution < -0.4 is 54.6 Å². The van der Waals surface area contributed by atoms with Crippen LogP contribution in [0.4, 0.5) is 10.6 Å². The SMILES string of the molecule is CC(C)(C)OC(=O)N1CCCC(C(=O)O)C1.Clc1cnccn1.Clc1nccnc1Cc1ccc(Oc2ccccc2)cc1.NC(c1ccc(Oc2ccccc2)cc1)c1nccnc1Cl.Nc1nccn2c(C3CCCNC3)nc(-c3ccc(Oc4ccccc4)cc3)c12.O=Cc1ccc(Oc2ccccc2)cc1.[CH2-]CCC.[Li+]. The van der Waals surface area contributed by atoms with E-state index in [1.165, 1.54) is 23.7 Å². The molecule has 0 aliphatic carbocycles. The van der Waals surface area contributed by atoms with E-state index in [0.717, 1.165) is 130 Å². The molecular formula is C89H91Cl3LiN13O9. The fraction of sp³-hybridized carbons (Fsp3) is 0.213. The van der Waals surface area contributed by atoms with Crippen LogP contribution in [-0.4, -0.2) is 104 Å². The van der Waals surface area contributed by atoms with Gasteiger partial charge in [0, 0.05) is 92.7 Å². The number of aldehydes is 1. The summed E-state index contributed by atoms with van der Waals surface area (Å²) in [4.78, 5) is 67.6. The number of halogens is 3. The summed E-state index contributed by atoms with van der Waals surface area (Å²) in [6, 6.07) is 68.5. The number of fused-ring (bicyclic) bond motifs is 1. The minimum Gasteiger partial charge on any atom is -0.481 e. The largest absolute Gasteiger partial charge is 1.00 e. The molecule has 0 bridgehead atoms. The van der Waals surface area contributed by atoms with Crippen LogP contribution in [0.1, 0.15) is 117 Å². The van der Waals surface area contributed by atoms with Gasteiger partial charge in [0.15, 0.2) is 10.3 Å². The van der Waals surface area contributed by atoms with Gasteiger partial charge in [-0.3, -0.25) is 28.9 Å². The zero-order chi connectivity index (χ0) is 80.9. The number of carbonyl (C=O) groups excluding carboxylic acids is 2. The van der Waals surface area contributed by atoms with Crippen molar-refractivity contribution in [1.82, 2.24) is 54.5 Å². The summed E-state index contributed by atoms with van der Waals surface area (Å²) in [5.41, 5.74) is 18.6. The van der Waals surface area contributed by atoms with Crippen LogP contribution in [0.25, 0.3) is 16.8 Å². The molecule has 588 valence electrons. The number of amides is 1. The Morgan fingerprint density at radius 3 is 1.56 bits per heavy atom. The molecule has 3 atom stereocenters. The van der Waals surface area contributed by atoms with Crippen LogP contribution in [-0.2, 0) is 16.0 Å². The predicted molar refractivity (Wildman–Crippen MR) is 447 cm³/mol. The number of hydrogen-bond donors (Lipinski definition) is 4. The molecule has 0 saturated carbocycles. The monoisotopic (exact) mass is 1600 g/mol. The smallest absolute Gasteiger partial charge is 0.481 e. The first kappa shape index (κ1) is 89.0. The van der Waals surface area contributed by atoms with E-state index in [0.29, 0.717) is 57.8 Å². The molecule has 5 aromatic heterocycles. The number of carboxylic acid groups (broad SMARTS) is 1. The maximum absolute atomic E-state index is 11.7. The maximum Gasteiger partial charge on any atom is 1.00 e. The van der Waals surface area contributed by atoms with E-state index in [-0.39, 0.29) is 25.4 Å². The number of carbonyl (C=O) groups is 3. The van der Waals surface area contributed by atoms with Gasteiger partial charge < -0.3 is 57.4 Å². The second-order valence-corrected chi connectivity index (χ2v) is 27.7. The van der Waals surface area contributed by atoms with Gasteiger partial charge in [-0.2, -0.15) is 6.42 Å². The van der Waals surface area contributed by atoms with Crippen molar-refractivity contribution in [3.8, 4) is 57.3 Å². The van der Waals surface area contributed by atoms with Gasteiger partial charge in [-0.1, -0.05) is 145 Å². The Morgan fingerprint density at radius 1 is 0.617 bits per heavy atom. The van der Waals surface area contributed by atoms with E-state index in [1.54, 1.807) is 82.2 Å². The molecule has 0 radical (unpaired) electrons. The van der Waals surface area contributed by atoms with E-state index in [4.69, 9.17) is 80.0 Å². The molecular weight excluding hydrogens is 1510 g/mol. The molecule has 115 heavy (non-hydrogen) atoms. The Balaban J connectivity index is 0.000000176. The summed E-state index contributed by atoms with van der Waals surface area (Å²) < 4.78 is 30.3. The fourth-order valence-corrected chi connectivity index (χ4v) is 11.7. The molecule has 2 saturated heterocycles. The number of nitrogens with zero attached hydrogens (tertiary/aromatic N) is 10. The van der Waals surface area contributed by atoms with Crippen LogP contribution in [0.15, 0.2) is 274 Å². The number of nitrogen functional groups attached to an aromatic ring is 1. The molecule has 1 amide bonds. The molecule has 3 unspecified atom stereocenters. The van der Waals surface area contributed by atoms with Crippen molar-refractivity contribution in [1.29, 1.82) is 0 Å². The Kier molecular flexibility index (Phi) is 36.5. The average molecular weight is 1600 g/mol. The average Bonchev–Trinajstić information content (AvgIpc) is 1.61. The standard InChI is InChI=1S/C23H23N5O.C17H14ClN3O.C17H13ClN2O.C13H10O2.C11H19NO4.C4H3ClN2.C4H9.Li/c24-22-21-20(16-8-10-19(11-9-16)29-18-6-2-1-3-7-18)27-23(28(21)14-13-26-22)17-5-4-12-25-15-17;18-17-16(20-10-11-21-17)15(19)12-6-8-14(9-7-12)22-13-4-2-1-3-5-13;18-17-16(19-10-11-20-17)12-13-6-8-15(9-7-13)21-14-4-2-1-3-5-14;14-10-11-6-8-13(9-7-11)15-12-4-2-1-3-5-12;1-11(2,3)16-10(15)12-6-4-5-8(7-12)9(13)14;5-4-3-6-1-2-7-4;1-3-4-2;/h1-3,6-11,13-14,17,25H,4-5,12,15H2,(H2,24,26);1-11,15H,19H2;1-11H,12H2;1-10H;8H,4-7H2,1-3H3,(H,13,14);1-3H;1,3-4H2,2H3;/q;;;;;;-1;+1. The Bertz CT molecular complexity index is 5010. The first-order valence-corrected chi connectivity index (χ1v) is 38.1. The summed E-state index contributed by atoms with van der Waals surface area (Å²) >= 11 is 17.4. The number of para-hydroxylation sites is 4. The number of likely N-dealkylation sites (tertiary alicyclic amines) is 1. The van der Waals surface area contributed by atoms with Crippen LogP contribution in [0.5, 0.6) is 46.0 Å². The third-order valence-corrected chi connectivity index (χ3v) is 17.7. The van der Waals surface area contributed by atoms with Gasteiger partial charge in [-0.25, -0.2) is 29.7 Å². The number of rotatable bonds is 17. The minimum atomic E-state index is -0.840. The van der Waals surface area contributed by atoms with Crippen molar-refractivity contribution in [3.05, 3.63) is 330 Å². The van der Waals surface area contributed by atoms with Gasteiger partial charge in [0.1, 0.15) is 85.9 Å². The van der Waals surface area contributed by atoms with E-state index < -0.39 is 29.6 Å². The molecule has 13 aromatic rings. The third kappa shape index (κ3) is 29.7. The number of hydrogen-bond acceptors (Lipinski definition) is 19. The zero-order valence-electron chi connectivity index (χ0n) is 64.7. The molecule has 6 N–H and O–H groups in total. The van der Waals surface area contributed by atoms with Crippen LogP contribution in [0, 0.1) is 12.8 Å². The van der Waals surface area contributed by atoms with Crippen molar-refractivity contribution < 1.29 is 62.0 Å². The van der Waals surface area contributed by atoms with Crippen LogP contribution in [0.3, 0.4) is 0 Å². The summed E-state index contributed by atoms with van der Waals surface area (Å²) in [7, 11) is 0. The summed E-state index contributed by atoms with van der Waals surface area (Å²) in [6.45, 7) is 13.9. The van der Waals surface area contributed by atoms with Crippen molar-refractivity contribution in [2.24, 2.45) is 11.7 Å². The number of carboxylic acids is 1. The number of aromatic nitrogens is 9. The van der Waals surface area contributed by atoms with Gasteiger partial charge in [-0.05, 0) is 185 Å². The van der Waals surface area contributed by atoms with E-state index in [1.807, 2.05) is 200 Å². The maximum atomic E-state index is 11.7. The van der Waals surface area contributed by atoms with E-state index in [2.05, 4.69) is 58.5 Å². The number of nitrogens with two attached hydrogens (primary N) is 2. The van der Waals surface area contributed by atoms with E-state index in [9.17, 15) is 14.4 Å². The number of anilines is 1. The van der Waals surface area contributed by atoms with Crippen molar-refractivity contribution >= 4 is 64.5 Å². The van der Waals surface area contributed by atoms with Crippen molar-refractivity contribution in [2.75, 3.05) is 31.9 Å². The third-order valence-electron chi connectivity index (χ3n) is 16.9. The van der Waals surface area contributed by atoms with Gasteiger partial charge in [0.25, 0.3) is 0 Å². The van der Waals surface area contributed by atoms with Crippen molar-refractivity contribution in [2.45, 2.75) is 90.2 Å². The van der Waals surface area contributed by atoms with Gasteiger partial charge in [-0.15, -0.1) is 0 Å². The Labute approximate surface area is 697 Å². The molecule has 2 fully saturated rings. The van der Waals surface area contributed by atoms with Gasteiger partial charge in [0.2, 0.25) is 0 Å². The first-order valence-electron chi connectivity index (χ1n) is 37.0. The molecule has 26 heteroatoms. The molecule has 2 aliphatic rings. The second-order valence-electron chi connectivity index (χ2n) is 26.6. The first-order chi connectivity index (χ1) is 55.3. The normalized spacial score (nSPS) is 13.5. The second kappa shape index (κ2) is 47.2. The number of nitrogens with one attached hydrogen (secondary N) is 1. The van der Waals surface area contributed by atoms with Gasteiger partial charge in [0.05, 0.1) is 29.5 Å². The topological polar surface area (TPSA) is 292 Å². The number of benzene rings is 8. The van der Waals surface area contributed by atoms with Crippen LogP contribution in [0.2, 0.25) is 15.5 Å². The van der Waals surface area contributed by atoms with Gasteiger partial charge >= 0.3 is 30.9 Å². The Morgan fingerprint density at radius 2 is 1.10 bits per heavy atom. The number of unbranched alkanes of at least 4 members (excludes halogenated alkanes) is 1. The molecule has 8 aromatic carbocycles. The molecule has 7 heterocycles. The summed E-state index contributed by atoms with van der Waals surface area (Å²) in [5.74, 6) is 6.88. The number of ether oxygens (including phenoxy) is 5. The minimum absolute atomic E-state index is 0. The molecule has 22 nitrogen and oxygen atoms in total. The summed E-state index contributed by atoms with van der Waals surface area (Å²) in [6.07, 6.45) is 21.6. The number of imidazole rings is 1. The number of piperidine rings is 2. The Hall–Kier alpha value is -11.6. The van der Waals surface area contributed by atoms with E-state index >= 15 is 0 Å². The molecule has 0 spiro atoms. The zero-order valence-corrected chi connectivity index (χ0v) is 67.0. The fourth-order valence-electron chi connectivity index (χ4n) is 11.2. The molecule has 15 rings (SSSR count). The predicted octanol–water partition coefficient (Wildman–Crippen LogP) is 17.5.